The average molecular weight is 555 g/mol. The fraction of sp³-hybridized carbons (Fsp3) is 0.207. The molecule has 1 saturated heterocycles. The predicted octanol–water partition coefficient (Wildman–Crippen LogP) is 5.38. The highest BCUT2D eigenvalue weighted by atomic mass is 32.1. The minimum absolute atomic E-state index is 0.150. The molecule has 0 bridgehead atoms. The average Bonchev–Trinajstić information content (AvgIpc) is 3.34. The molecule has 2 aliphatic heterocycles. The third-order valence-corrected chi connectivity index (χ3v) is 7.99. The van der Waals surface area contributed by atoms with Crippen molar-refractivity contribution in [2.75, 3.05) is 23.3 Å². The summed E-state index contributed by atoms with van der Waals surface area (Å²) in [7, 11) is 0. The molecular formula is C29H26N6O4S. The quantitative estimate of drug-likeness (QED) is 0.309. The first-order chi connectivity index (χ1) is 19.4. The Bertz CT molecular complexity index is 1630. The van der Waals surface area contributed by atoms with Crippen molar-refractivity contribution in [3.05, 3.63) is 78.0 Å². The Morgan fingerprint density at radius 3 is 2.75 bits per heavy atom. The van der Waals surface area contributed by atoms with Crippen molar-refractivity contribution in [1.29, 1.82) is 0 Å². The van der Waals surface area contributed by atoms with Crippen LogP contribution in [0.4, 0.5) is 21.9 Å². The van der Waals surface area contributed by atoms with Gasteiger partial charge >= 0.3 is 6.03 Å². The van der Waals surface area contributed by atoms with Gasteiger partial charge in [0, 0.05) is 37.6 Å². The summed E-state index contributed by atoms with van der Waals surface area (Å²) in [6.45, 7) is 6.57. The molecule has 2 aliphatic rings. The van der Waals surface area contributed by atoms with Crippen molar-refractivity contribution in [2.24, 2.45) is 0 Å². The van der Waals surface area contributed by atoms with Crippen molar-refractivity contribution in [1.82, 2.24) is 20.2 Å². The van der Waals surface area contributed by atoms with Gasteiger partial charge in [-0.2, -0.15) is 0 Å². The number of pyridine rings is 2. The number of nitrogens with one attached hydrogen (secondary N) is 2. The maximum Gasteiger partial charge on any atom is 0.331 e. The lowest BCUT2D eigenvalue weighted by Crippen LogP contribution is -2.49. The van der Waals surface area contributed by atoms with Crippen LogP contribution in [0.2, 0.25) is 0 Å². The molecule has 1 fully saturated rings. The lowest BCUT2D eigenvalue weighted by molar-refractivity contribution is -0.127. The Hall–Kier alpha value is -4.77. The number of nitrogens with zero attached hydrogens (tertiary/aromatic N) is 4. The summed E-state index contributed by atoms with van der Waals surface area (Å²) in [5.74, 6) is 0.612. The topological polar surface area (TPSA) is 117 Å². The second kappa shape index (κ2) is 10.4. The summed E-state index contributed by atoms with van der Waals surface area (Å²) in [4.78, 5) is 51.8. The largest absolute Gasteiger partial charge is 0.439 e. The van der Waals surface area contributed by atoms with E-state index in [9.17, 15) is 14.4 Å². The molecule has 1 unspecified atom stereocenters. The highest BCUT2D eigenvalue weighted by molar-refractivity contribution is 7.21. The highest BCUT2D eigenvalue weighted by Gasteiger charge is 2.33. The second-order valence-electron chi connectivity index (χ2n) is 9.65. The van der Waals surface area contributed by atoms with Crippen LogP contribution < -0.4 is 20.3 Å². The number of hydrogen-bond acceptors (Lipinski definition) is 7. The maximum atomic E-state index is 13.4. The van der Waals surface area contributed by atoms with Crippen LogP contribution in [0.3, 0.4) is 0 Å². The molecule has 0 spiro atoms. The van der Waals surface area contributed by atoms with Gasteiger partial charge < -0.3 is 20.3 Å². The van der Waals surface area contributed by atoms with Gasteiger partial charge in [-0.3, -0.25) is 14.5 Å². The van der Waals surface area contributed by atoms with E-state index in [2.05, 4.69) is 27.2 Å². The van der Waals surface area contributed by atoms with E-state index in [1.54, 1.807) is 58.6 Å². The van der Waals surface area contributed by atoms with E-state index in [-0.39, 0.29) is 23.9 Å². The number of thiophene rings is 1. The maximum absolute atomic E-state index is 13.4. The molecule has 2 N–H and O–H groups in total. The number of rotatable bonds is 6. The number of carbonyl (C=O) groups is 3. The normalized spacial score (nSPS) is 16.4. The van der Waals surface area contributed by atoms with E-state index in [1.807, 2.05) is 13.0 Å². The van der Waals surface area contributed by atoms with Gasteiger partial charge in [-0.25, -0.2) is 14.8 Å². The standard InChI is InChI=1S/C29H26N6O4S/c1-3-23(36)34-14-4-5-18(16-34)32-27(37)26-25-24-21(12-13-30-28(24)40-26)35(29(38)33-25)19-7-9-20(10-8-19)39-22-11-6-17(2)15-31-22/h3,6-13,15,18H,1,4-5,14,16H2,2H3,(H,32,37)(H,33,38). The predicted molar refractivity (Wildman–Crippen MR) is 154 cm³/mol. The third kappa shape index (κ3) is 4.75. The van der Waals surface area contributed by atoms with Crippen LogP contribution in [0.1, 0.15) is 28.1 Å². The number of aryl methyl sites for hydroxylation is 1. The molecule has 1 aromatic carbocycles. The van der Waals surface area contributed by atoms with Crippen molar-refractivity contribution in [3.8, 4) is 11.6 Å². The highest BCUT2D eigenvalue weighted by Crippen LogP contribution is 2.45. The van der Waals surface area contributed by atoms with Crippen molar-refractivity contribution < 1.29 is 19.1 Å². The molecule has 6 rings (SSSR count). The number of anilines is 3. The van der Waals surface area contributed by atoms with Crippen LogP contribution in [0.5, 0.6) is 11.6 Å². The first-order valence-corrected chi connectivity index (χ1v) is 13.7. The number of aromatic nitrogens is 2. The summed E-state index contributed by atoms with van der Waals surface area (Å²) in [6, 6.07) is 12.0. The molecule has 11 heteroatoms. The summed E-state index contributed by atoms with van der Waals surface area (Å²) in [5, 5.41) is 6.66. The van der Waals surface area contributed by atoms with Gasteiger partial charge in [-0.15, -0.1) is 11.3 Å². The summed E-state index contributed by atoms with van der Waals surface area (Å²) in [6.07, 6.45) is 6.20. The van der Waals surface area contributed by atoms with E-state index >= 15 is 0 Å². The molecule has 4 aromatic rings. The Morgan fingerprint density at radius 2 is 2.00 bits per heavy atom. The van der Waals surface area contributed by atoms with Gasteiger partial charge in [0.1, 0.15) is 15.5 Å². The molecule has 10 nitrogen and oxygen atoms in total. The molecule has 40 heavy (non-hydrogen) atoms. The summed E-state index contributed by atoms with van der Waals surface area (Å²) in [5.41, 5.74) is 2.75. The van der Waals surface area contributed by atoms with Gasteiger partial charge in [-0.1, -0.05) is 12.6 Å². The minimum atomic E-state index is -0.387. The van der Waals surface area contributed by atoms with E-state index in [0.717, 1.165) is 18.4 Å². The van der Waals surface area contributed by atoms with Crippen molar-refractivity contribution >= 4 is 56.5 Å². The zero-order chi connectivity index (χ0) is 27.8. The number of ether oxygens (including phenoxy) is 1. The lowest BCUT2D eigenvalue weighted by Gasteiger charge is -2.32. The van der Waals surface area contributed by atoms with Crippen LogP contribution in [0, 0.1) is 6.92 Å². The Balaban J connectivity index is 1.26. The van der Waals surface area contributed by atoms with Gasteiger partial charge in [0.25, 0.3) is 5.91 Å². The van der Waals surface area contributed by atoms with Crippen molar-refractivity contribution in [2.45, 2.75) is 25.8 Å². The summed E-state index contributed by atoms with van der Waals surface area (Å²) >= 11 is 1.23. The molecule has 4 amide bonds. The zero-order valence-corrected chi connectivity index (χ0v) is 22.5. The van der Waals surface area contributed by atoms with Crippen LogP contribution in [0.25, 0.3) is 10.2 Å². The first-order valence-electron chi connectivity index (χ1n) is 12.9. The van der Waals surface area contributed by atoms with Gasteiger partial charge in [0.05, 0.1) is 22.4 Å². The fourth-order valence-electron chi connectivity index (χ4n) is 4.97. The monoisotopic (exact) mass is 554 g/mol. The number of hydrogen-bond donors (Lipinski definition) is 2. The van der Waals surface area contributed by atoms with Gasteiger partial charge in [0.15, 0.2) is 0 Å². The fourth-order valence-corrected chi connectivity index (χ4v) is 6.00. The number of benzene rings is 1. The Kier molecular flexibility index (Phi) is 6.64. The number of piperidine rings is 1. The van der Waals surface area contributed by atoms with E-state index in [4.69, 9.17) is 4.74 Å². The second-order valence-corrected chi connectivity index (χ2v) is 10.7. The van der Waals surface area contributed by atoms with Crippen molar-refractivity contribution in [3.63, 3.8) is 0 Å². The van der Waals surface area contributed by atoms with Crippen LogP contribution in [-0.2, 0) is 4.79 Å². The van der Waals surface area contributed by atoms with E-state index in [1.165, 1.54) is 17.4 Å². The molecule has 0 aliphatic carbocycles. The minimum Gasteiger partial charge on any atom is -0.439 e. The number of likely N-dealkylation sites (tertiary alicyclic amines) is 1. The molecule has 0 radical (unpaired) electrons. The van der Waals surface area contributed by atoms with Crippen LogP contribution in [0.15, 0.2) is 67.5 Å². The molecule has 3 aromatic heterocycles. The number of carbonyl (C=O) groups excluding carboxylic acids is 3. The SMILES string of the molecule is C=CC(=O)N1CCCC(NC(=O)c2sc3nccc4c3c2NC(=O)N4c2ccc(Oc3ccc(C)cn3)cc2)C1. The molecule has 1 atom stereocenters. The Labute approximate surface area is 234 Å². The lowest BCUT2D eigenvalue weighted by atomic mass is 10.1. The molecule has 5 heterocycles. The van der Waals surface area contributed by atoms with Gasteiger partial charge in [-0.05, 0) is 61.7 Å². The number of amides is 4. The van der Waals surface area contributed by atoms with Crippen LogP contribution in [-0.4, -0.2) is 51.8 Å². The first kappa shape index (κ1) is 25.5. The third-order valence-electron chi connectivity index (χ3n) is 6.90. The smallest absolute Gasteiger partial charge is 0.331 e. The van der Waals surface area contributed by atoms with Crippen LogP contribution >= 0.6 is 11.3 Å². The number of urea groups is 1. The molecule has 202 valence electrons. The van der Waals surface area contributed by atoms with Gasteiger partial charge in [0.2, 0.25) is 11.8 Å². The van der Waals surface area contributed by atoms with E-state index in [0.29, 0.717) is 56.9 Å². The molecule has 0 saturated carbocycles. The summed E-state index contributed by atoms with van der Waals surface area (Å²) < 4.78 is 5.83. The zero-order valence-electron chi connectivity index (χ0n) is 21.7. The van der Waals surface area contributed by atoms with E-state index < -0.39 is 0 Å². The Morgan fingerprint density at radius 1 is 1.18 bits per heavy atom. The molecular weight excluding hydrogens is 528 g/mol.